The Balaban J connectivity index is 2.72. The molecular weight excluding hydrogens is 250 g/mol. The first-order valence-electron chi connectivity index (χ1n) is 6.14. The van der Waals surface area contributed by atoms with Crippen LogP contribution in [0.5, 0.6) is 0 Å². The highest BCUT2D eigenvalue weighted by Crippen LogP contribution is 2.04. The van der Waals surface area contributed by atoms with Crippen molar-refractivity contribution < 1.29 is 14.7 Å². The van der Waals surface area contributed by atoms with Crippen molar-refractivity contribution in [1.29, 1.82) is 0 Å². The molecule has 0 saturated heterocycles. The second kappa shape index (κ2) is 6.83. The number of hydrogen-bond acceptors (Lipinski definition) is 5. The van der Waals surface area contributed by atoms with Crippen LogP contribution in [0.1, 0.15) is 42.9 Å². The van der Waals surface area contributed by atoms with E-state index in [1.54, 1.807) is 0 Å². The number of nitrogens with two attached hydrogens (primary N) is 1. The number of aromatic carboxylic acids is 1. The van der Waals surface area contributed by atoms with E-state index in [1.807, 2.05) is 13.8 Å². The van der Waals surface area contributed by atoms with E-state index in [0.29, 0.717) is 0 Å². The van der Waals surface area contributed by atoms with Crippen LogP contribution in [0.15, 0.2) is 0 Å². The summed E-state index contributed by atoms with van der Waals surface area (Å²) in [5.74, 6) is -1.44. The van der Waals surface area contributed by atoms with Crippen LogP contribution in [-0.2, 0) is 17.9 Å². The molecule has 1 atom stereocenters. The van der Waals surface area contributed by atoms with Gasteiger partial charge in [0.1, 0.15) is 6.54 Å². The Kier molecular flexibility index (Phi) is 5.43. The van der Waals surface area contributed by atoms with Crippen LogP contribution in [0.3, 0.4) is 0 Å². The first-order valence-corrected chi connectivity index (χ1v) is 6.14. The third-order valence-corrected chi connectivity index (χ3v) is 2.66. The van der Waals surface area contributed by atoms with Crippen LogP contribution < -0.4 is 11.1 Å². The summed E-state index contributed by atoms with van der Waals surface area (Å²) in [6, 6.07) is 0.0706. The average Bonchev–Trinajstić information content (AvgIpc) is 2.71. The number of amides is 1. The molecule has 106 valence electrons. The van der Waals surface area contributed by atoms with Gasteiger partial charge in [0.15, 0.2) is 5.69 Å². The highest BCUT2D eigenvalue weighted by Gasteiger charge is 2.19. The van der Waals surface area contributed by atoms with Crippen LogP contribution >= 0.6 is 0 Å². The molecule has 8 nitrogen and oxygen atoms in total. The van der Waals surface area contributed by atoms with Gasteiger partial charge in [0.05, 0.1) is 5.69 Å². The van der Waals surface area contributed by atoms with Crippen LogP contribution in [0, 0.1) is 0 Å². The number of carboxylic acids is 1. The van der Waals surface area contributed by atoms with Gasteiger partial charge in [-0.05, 0) is 13.3 Å². The minimum Gasteiger partial charge on any atom is -0.476 e. The lowest BCUT2D eigenvalue weighted by Gasteiger charge is -2.13. The molecular formula is C11H19N5O3. The Hall–Kier alpha value is -1.96. The van der Waals surface area contributed by atoms with Gasteiger partial charge in [-0.3, -0.25) is 4.79 Å². The van der Waals surface area contributed by atoms with Crippen molar-refractivity contribution in [2.45, 2.75) is 45.8 Å². The van der Waals surface area contributed by atoms with E-state index in [2.05, 4.69) is 15.6 Å². The fraction of sp³-hybridized carbons (Fsp3) is 0.636. The Labute approximate surface area is 111 Å². The normalized spacial score (nSPS) is 12.2. The van der Waals surface area contributed by atoms with Gasteiger partial charge in [-0.1, -0.05) is 18.6 Å². The number of hydrogen-bond donors (Lipinski definition) is 3. The van der Waals surface area contributed by atoms with Crippen molar-refractivity contribution in [3.63, 3.8) is 0 Å². The number of carboxylic acid groups (broad SMARTS) is 1. The summed E-state index contributed by atoms with van der Waals surface area (Å²) in [6.07, 6.45) is 1.86. The van der Waals surface area contributed by atoms with Gasteiger partial charge in [0, 0.05) is 12.6 Å². The zero-order valence-electron chi connectivity index (χ0n) is 11.1. The van der Waals surface area contributed by atoms with Crippen LogP contribution in [0.25, 0.3) is 0 Å². The molecule has 1 amide bonds. The van der Waals surface area contributed by atoms with Gasteiger partial charge in [-0.2, -0.15) is 0 Å². The Morgan fingerprint density at radius 2 is 2.21 bits per heavy atom. The summed E-state index contributed by atoms with van der Waals surface area (Å²) in [5.41, 5.74) is 5.49. The van der Waals surface area contributed by atoms with E-state index in [4.69, 9.17) is 10.8 Å². The molecule has 0 fully saturated rings. The summed E-state index contributed by atoms with van der Waals surface area (Å²) < 4.78 is 1.22. The number of nitrogens with zero attached hydrogens (tertiary/aromatic N) is 3. The monoisotopic (exact) mass is 269 g/mol. The molecule has 8 heteroatoms. The predicted octanol–water partition coefficient (Wildman–Crippen LogP) is -0.260. The number of aromatic nitrogens is 3. The second-order valence-electron chi connectivity index (χ2n) is 4.31. The summed E-state index contributed by atoms with van der Waals surface area (Å²) >= 11 is 0. The fourth-order valence-electron chi connectivity index (χ4n) is 1.79. The number of nitrogens with one attached hydrogen (secondary N) is 1. The lowest BCUT2D eigenvalue weighted by molar-refractivity contribution is -0.122. The van der Waals surface area contributed by atoms with Crippen molar-refractivity contribution >= 4 is 11.9 Å². The van der Waals surface area contributed by atoms with E-state index < -0.39 is 5.97 Å². The molecule has 0 aromatic carbocycles. The summed E-state index contributed by atoms with van der Waals surface area (Å²) in [7, 11) is 0. The van der Waals surface area contributed by atoms with Crippen LogP contribution in [-0.4, -0.2) is 38.0 Å². The molecule has 0 bridgehead atoms. The Bertz CT molecular complexity index is 457. The smallest absolute Gasteiger partial charge is 0.358 e. The molecule has 1 unspecified atom stereocenters. The van der Waals surface area contributed by atoms with Gasteiger partial charge in [-0.15, -0.1) is 5.10 Å². The minimum absolute atomic E-state index is 0.0353. The fourth-order valence-corrected chi connectivity index (χ4v) is 1.79. The standard InChI is InChI=1S/C11H19N5O3/c1-3-4-7(2)13-9(17)6-16-8(5-12)10(11(18)19)14-15-16/h7H,3-6,12H2,1-2H3,(H,13,17)(H,18,19). The highest BCUT2D eigenvalue weighted by molar-refractivity contribution is 5.86. The maximum atomic E-state index is 11.8. The maximum Gasteiger partial charge on any atom is 0.358 e. The summed E-state index contributed by atoms with van der Waals surface area (Å²) in [6.45, 7) is 3.83. The Morgan fingerprint density at radius 1 is 1.53 bits per heavy atom. The molecule has 0 saturated carbocycles. The molecule has 0 aliphatic heterocycles. The van der Waals surface area contributed by atoms with E-state index >= 15 is 0 Å². The van der Waals surface area contributed by atoms with Gasteiger partial charge >= 0.3 is 5.97 Å². The van der Waals surface area contributed by atoms with E-state index in [-0.39, 0.29) is 36.4 Å². The first kappa shape index (κ1) is 15.1. The first-order chi connectivity index (χ1) is 8.99. The third-order valence-electron chi connectivity index (χ3n) is 2.66. The molecule has 0 radical (unpaired) electrons. The molecule has 0 aliphatic carbocycles. The van der Waals surface area contributed by atoms with Gasteiger partial charge in [0.2, 0.25) is 5.91 Å². The van der Waals surface area contributed by atoms with Crippen molar-refractivity contribution in [1.82, 2.24) is 20.3 Å². The van der Waals surface area contributed by atoms with E-state index in [9.17, 15) is 9.59 Å². The van der Waals surface area contributed by atoms with Crippen molar-refractivity contribution in [2.24, 2.45) is 5.73 Å². The SMILES string of the molecule is CCCC(C)NC(=O)Cn1nnc(C(=O)O)c1CN. The maximum absolute atomic E-state index is 11.8. The van der Waals surface area contributed by atoms with E-state index in [0.717, 1.165) is 12.8 Å². The highest BCUT2D eigenvalue weighted by atomic mass is 16.4. The molecule has 0 aliphatic rings. The van der Waals surface area contributed by atoms with Gasteiger partial charge in [-0.25, -0.2) is 9.48 Å². The molecule has 1 heterocycles. The zero-order valence-corrected chi connectivity index (χ0v) is 11.1. The number of carbonyl (C=O) groups excluding carboxylic acids is 1. The minimum atomic E-state index is -1.20. The largest absolute Gasteiger partial charge is 0.476 e. The lowest BCUT2D eigenvalue weighted by atomic mass is 10.2. The Morgan fingerprint density at radius 3 is 2.74 bits per heavy atom. The molecule has 1 rings (SSSR count). The van der Waals surface area contributed by atoms with Crippen LogP contribution in [0.4, 0.5) is 0 Å². The number of carbonyl (C=O) groups is 2. The number of rotatable bonds is 7. The van der Waals surface area contributed by atoms with Gasteiger partial charge in [0.25, 0.3) is 0 Å². The second-order valence-corrected chi connectivity index (χ2v) is 4.31. The lowest BCUT2D eigenvalue weighted by Crippen LogP contribution is -2.35. The molecule has 4 N–H and O–H groups in total. The quantitative estimate of drug-likeness (QED) is 0.626. The van der Waals surface area contributed by atoms with Crippen LogP contribution in [0.2, 0.25) is 0 Å². The van der Waals surface area contributed by atoms with Crippen molar-refractivity contribution in [3.8, 4) is 0 Å². The average molecular weight is 269 g/mol. The molecule has 1 aromatic rings. The van der Waals surface area contributed by atoms with Crippen molar-refractivity contribution in [3.05, 3.63) is 11.4 Å². The summed E-state index contributed by atoms with van der Waals surface area (Å²) in [5, 5.41) is 18.8. The van der Waals surface area contributed by atoms with E-state index in [1.165, 1.54) is 4.68 Å². The molecule has 1 aromatic heterocycles. The zero-order chi connectivity index (χ0) is 14.4. The van der Waals surface area contributed by atoms with Crippen molar-refractivity contribution in [2.75, 3.05) is 0 Å². The molecule has 19 heavy (non-hydrogen) atoms. The topological polar surface area (TPSA) is 123 Å². The predicted molar refractivity (Wildman–Crippen MR) is 67.4 cm³/mol. The van der Waals surface area contributed by atoms with Gasteiger partial charge < -0.3 is 16.2 Å². The summed E-state index contributed by atoms with van der Waals surface area (Å²) in [4.78, 5) is 22.6. The molecule has 0 spiro atoms. The third kappa shape index (κ3) is 4.02.